The summed E-state index contributed by atoms with van der Waals surface area (Å²) in [6, 6.07) is 8.54. The van der Waals surface area contributed by atoms with Gasteiger partial charge in [0.15, 0.2) is 5.82 Å². The molecule has 1 unspecified atom stereocenters. The number of carbonyl (C=O) groups excluding carboxylic acids is 1. The summed E-state index contributed by atoms with van der Waals surface area (Å²) in [7, 11) is 0. The second kappa shape index (κ2) is 6.35. The van der Waals surface area contributed by atoms with Crippen molar-refractivity contribution in [2.24, 2.45) is 0 Å². The molecule has 0 aliphatic heterocycles. The van der Waals surface area contributed by atoms with Crippen LogP contribution >= 0.6 is 0 Å². The molecule has 0 radical (unpaired) electrons. The Morgan fingerprint density at radius 3 is 2.78 bits per heavy atom. The summed E-state index contributed by atoms with van der Waals surface area (Å²) < 4.78 is 7.13. The van der Waals surface area contributed by atoms with Gasteiger partial charge in [0.25, 0.3) is 0 Å². The Hall–Kier alpha value is -3.09. The molecule has 7 heteroatoms. The monoisotopic (exact) mass is 311 g/mol. The molecular weight excluding hydrogens is 294 g/mol. The van der Waals surface area contributed by atoms with Gasteiger partial charge in [0.1, 0.15) is 11.5 Å². The van der Waals surface area contributed by atoms with Crippen LogP contribution in [-0.4, -0.2) is 20.8 Å². The van der Waals surface area contributed by atoms with Crippen LogP contribution in [0, 0.1) is 6.92 Å². The second-order valence-corrected chi connectivity index (χ2v) is 5.12. The molecule has 2 N–H and O–H groups in total. The Morgan fingerprint density at radius 1 is 1.30 bits per heavy atom. The van der Waals surface area contributed by atoms with Crippen LogP contribution in [0.2, 0.25) is 0 Å². The van der Waals surface area contributed by atoms with Crippen molar-refractivity contribution in [3.8, 4) is 5.82 Å². The third-order valence-corrected chi connectivity index (χ3v) is 3.28. The number of amides is 2. The van der Waals surface area contributed by atoms with Gasteiger partial charge in [-0.25, -0.2) is 14.5 Å². The maximum atomic E-state index is 12.0. The van der Waals surface area contributed by atoms with E-state index in [1.54, 1.807) is 35.4 Å². The third-order valence-electron chi connectivity index (χ3n) is 3.28. The summed E-state index contributed by atoms with van der Waals surface area (Å²) >= 11 is 0. The lowest BCUT2D eigenvalue weighted by atomic mass is 10.2. The number of anilines is 1. The topological polar surface area (TPSA) is 85.0 Å². The number of aromatic nitrogens is 3. The Morgan fingerprint density at radius 2 is 2.17 bits per heavy atom. The van der Waals surface area contributed by atoms with Gasteiger partial charge in [-0.2, -0.15) is 5.10 Å². The Bertz CT molecular complexity index is 777. The zero-order chi connectivity index (χ0) is 16.2. The molecule has 0 fully saturated rings. The molecule has 0 saturated carbocycles. The molecule has 0 saturated heterocycles. The van der Waals surface area contributed by atoms with Crippen LogP contribution in [0.3, 0.4) is 0 Å². The molecule has 3 rings (SSSR count). The molecule has 7 nitrogen and oxygen atoms in total. The number of hydrogen-bond acceptors (Lipinski definition) is 4. The summed E-state index contributed by atoms with van der Waals surface area (Å²) in [5, 5.41) is 9.65. The van der Waals surface area contributed by atoms with Crippen molar-refractivity contribution in [1.82, 2.24) is 20.1 Å². The first-order chi connectivity index (χ1) is 11.1. The smallest absolute Gasteiger partial charge is 0.319 e. The molecule has 0 aliphatic rings. The number of hydrogen-bond donors (Lipinski definition) is 2. The maximum absolute atomic E-state index is 12.0. The summed E-state index contributed by atoms with van der Waals surface area (Å²) in [5.41, 5.74) is 0.598. The number of nitrogens with zero attached hydrogens (tertiary/aromatic N) is 3. The van der Waals surface area contributed by atoms with E-state index in [-0.39, 0.29) is 12.1 Å². The van der Waals surface area contributed by atoms with Crippen LogP contribution in [0.1, 0.15) is 24.5 Å². The summed E-state index contributed by atoms with van der Waals surface area (Å²) in [4.78, 5) is 16.3. The number of rotatable bonds is 4. The fraction of sp³-hybridized carbons (Fsp3) is 0.188. The quantitative estimate of drug-likeness (QED) is 0.775. The fourth-order valence-corrected chi connectivity index (χ4v) is 2.12. The number of nitrogens with one attached hydrogen (secondary N) is 2. The molecule has 3 aromatic heterocycles. The van der Waals surface area contributed by atoms with Crippen molar-refractivity contribution in [3.05, 3.63) is 60.4 Å². The summed E-state index contributed by atoms with van der Waals surface area (Å²) in [6.07, 6.45) is 5.06. The lowest BCUT2D eigenvalue weighted by Crippen LogP contribution is -2.31. The van der Waals surface area contributed by atoms with Gasteiger partial charge in [0.2, 0.25) is 0 Å². The van der Waals surface area contributed by atoms with Gasteiger partial charge in [-0.3, -0.25) is 0 Å². The van der Waals surface area contributed by atoms with Crippen molar-refractivity contribution < 1.29 is 9.21 Å². The van der Waals surface area contributed by atoms with E-state index in [1.807, 2.05) is 32.0 Å². The SMILES string of the molecule is Cc1ccc(C(C)NC(=O)Nc2ccc(-n3cccn3)nc2)o1. The normalized spacial score (nSPS) is 11.9. The summed E-state index contributed by atoms with van der Waals surface area (Å²) in [5.74, 6) is 2.21. The number of pyridine rings is 1. The zero-order valence-corrected chi connectivity index (χ0v) is 12.9. The highest BCUT2D eigenvalue weighted by molar-refractivity contribution is 5.89. The van der Waals surface area contributed by atoms with Gasteiger partial charge >= 0.3 is 6.03 Å². The Kier molecular flexibility index (Phi) is 4.09. The van der Waals surface area contributed by atoms with E-state index >= 15 is 0 Å². The zero-order valence-electron chi connectivity index (χ0n) is 12.9. The Balaban J connectivity index is 1.59. The first-order valence-corrected chi connectivity index (χ1v) is 7.22. The van der Waals surface area contributed by atoms with Crippen LogP contribution in [0.15, 0.2) is 53.3 Å². The predicted molar refractivity (Wildman–Crippen MR) is 85.4 cm³/mol. The minimum Gasteiger partial charge on any atom is -0.464 e. The fourth-order valence-electron chi connectivity index (χ4n) is 2.12. The van der Waals surface area contributed by atoms with E-state index in [0.29, 0.717) is 17.3 Å². The van der Waals surface area contributed by atoms with Crippen molar-refractivity contribution in [2.45, 2.75) is 19.9 Å². The molecule has 118 valence electrons. The van der Waals surface area contributed by atoms with E-state index in [4.69, 9.17) is 4.42 Å². The first-order valence-electron chi connectivity index (χ1n) is 7.22. The third kappa shape index (κ3) is 3.57. The Labute approximate surface area is 133 Å². The van der Waals surface area contributed by atoms with Crippen LogP contribution in [0.25, 0.3) is 5.82 Å². The molecule has 2 amide bonds. The second-order valence-electron chi connectivity index (χ2n) is 5.12. The number of urea groups is 1. The molecule has 0 aromatic carbocycles. The van der Waals surface area contributed by atoms with E-state index in [1.165, 1.54) is 0 Å². The van der Waals surface area contributed by atoms with E-state index in [2.05, 4.69) is 20.7 Å². The average molecular weight is 311 g/mol. The number of carbonyl (C=O) groups is 1. The van der Waals surface area contributed by atoms with E-state index < -0.39 is 0 Å². The highest BCUT2D eigenvalue weighted by Gasteiger charge is 2.12. The first kappa shape index (κ1) is 14.8. The van der Waals surface area contributed by atoms with Gasteiger partial charge in [-0.15, -0.1) is 0 Å². The van der Waals surface area contributed by atoms with Gasteiger partial charge in [0, 0.05) is 12.4 Å². The predicted octanol–water partition coefficient (Wildman–Crippen LogP) is 3.05. The molecule has 3 aromatic rings. The van der Waals surface area contributed by atoms with Crippen molar-refractivity contribution in [3.63, 3.8) is 0 Å². The summed E-state index contributed by atoms with van der Waals surface area (Å²) in [6.45, 7) is 3.72. The lowest BCUT2D eigenvalue weighted by molar-refractivity contribution is 0.247. The molecule has 1 atom stereocenters. The minimum atomic E-state index is -0.319. The molecular formula is C16H17N5O2. The molecule has 23 heavy (non-hydrogen) atoms. The van der Waals surface area contributed by atoms with E-state index in [0.717, 1.165) is 5.76 Å². The maximum Gasteiger partial charge on any atom is 0.319 e. The largest absolute Gasteiger partial charge is 0.464 e. The average Bonchev–Trinajstić information content (AvgIpc) is 3.19. The molecule has 0 bridgehead atoms. The van der Waals surface area contributed by atoms with E-state index in [9.17, 15) is 4.79 Å². The van der Waals surface area contributed by atoms with Gasteiger partial charge in [-0.1, -0.05) is 0 Å². The van der Waals surface area contributed by atoms with Crippen molar-refractivity contribution in [1.29, 1.82) is 0 Å². The van der Waals surface area contributed by atoms with Crippen LogP contribution in [0.5, 0.6) is 0 Å². The number of aryl methyl sites for hydroxylation is 1. The lowest BCUT2D eigenvalue weighted by Gasteiger charge is -2.12. The molecule has 0 aliphatic carbocycles. The standard InChI is InChI=1S/C16H17N5O2/c1-11-4-6-14(23-11)12(2)19-16(22)20-13-5-7-15(17-10-13)21-9-3-8-18-21/h3-10,12H,1-2H3,(H2,19,20,22). The number of furan rings is 1. The van der Waals surface area contributed by atoms with Crippen LogP contribution < -0.4 is 10.6 Å². The van der Waals surface area contributed by atoms with Crippen molar-refractivity contribution >= 4 is 11.7 Å². The van der Waals surface area contributed by atoms with Crippen LogP contribution in [-0.2, 0) is 0 Å². The van der Waals surface area contributed by atoms with Gasteiger partial charge in [-0.05, 0) is 44.2 Å². The van der Waals surface area contributed by atoms with Gasteiger partial charge in [0.05, 0.1) is 17.9 Å². The minimum absolute atomic E-state index is 0.222. The van der Waals surface area contributed by atoms with Crippen LogP contribution in [0.4, 0.5) is 10.5 Å². The molecule has 0 spiro atoms. The highest BCUT2D eigenvalue weighted by Crippen LogP contribution is 2.16. The molecule has 3 heterocycles. The highest BCUT2D eigenvalue weighted by atomic mass is 16.3. The van der Waals surface area contributed by atoms with Crippen molar-refractivity contribution in [2.75, 3.05) is 5.32 Å². The van der Waals surface area contributed by atoms with Gasteiger partial charge < -0.3 is 15.1 Å².